The summed E-state index contributed by atoms with van der Waals surface area (Å²) in [6.45, 7) is 2.64. The first kappa shape index (κ1) is 17.8. The minimum absolute atomic E-state index is 0.00958. The SMILES string of the molecule is Cc1ccccc1N1C=Nn2c(nnc2SCC(=O)c2ccc(Cl)cc2)C1. The van der Waals surface area contributed by atoms with Crippen LogP contribution in [-0.2, 0) is 6.54 Å². The molecular formula is C19H16ClN5OS. The Kier molecular flexibility index (Phi) is 4.96. The summed E-state index contributed by atoms with van der Waals surface area (Å²) in [7, 11) is 0. The molecule has 1 aliphatic heterocycles. The molecule has 0 fully saturated rings. The van der Waals surface area contributed by atoms with E-state index < -0.39 is 0 Å². The fourth-order valence-corrected chi connectivity index (χ4v) is 3.72. The number of fused-ring (bicyclic) bond motifs is 1. The average Bonchev–Trinajstić information content (AvgIpc) is 3.09. The first-order valence-corrected chi connectivity index (χ1v) is 9.71. The number of aryl methyl sites for hydroxylation is 1. The molecule has 136 valence electrons. The maximum Gasteiger partial charge on any atom is 0.212 e. The van der Waals surface area contributed by atoms with Crippen LogP contribution in [0.4, 0.5) is 5.69 Å². The van der Waals surface area contributed by atoms with Crippen molar-refractivity contribution in [2.24, 2.45) is 5.10 Å². The summed E-state index contributed by atoms with van der Waals surface area (Å²) in [5, 5.41) is 14.1. The zero-order valence-corrected chi connectivity index (χ0v) is 16.1. The molecule has 0 saturated heterocycles. The van der Waals surface area contributed by atoms with Gasteiger partial charge in [0.25, 0.3) is 0 Å². The lowest BCUT2D eigenvalue weighted by atomic mass is 10.1. The Balaban J connectivity index is 1.46. The van der Waals surface area contributed by atoms with Gasteiger partial charge in [0.15, 0.2) is 11.6 Å². The number of nitrogens with zero attached hydrogens (tertiary/aromatic N) is 5. The number of hydrogen-bond donors (Lipinski definition) is 0. The third-order valence-electron chi connectivity index (χ3n) is 4.22. The Morgan fingerprint density at radius 2 is 1.93 bits per heavy atom. The van der Waals surface area contributed by atoms with E-state index in [0.717, 1.165) is 11.5 Å². The Morgan fingerprint density at radius 1 is 1.15 bits per heavy atom. The maximum atomic E-state index is 12.3. The summed E-state index contributed by atoms with van der Waals surface area (Å²) >= 11 is 7.19. The fourth-order valence-electron chi connectivity index (χ4n) is 2.79. The van der Waals surface area contributed by atoms with E-state index in [2.05, 4.69) is 28.3 Å². The number of para-hydroxylation sites is 1. The number of anilines is 1. The number of ketones is 1. The molecule has 4 rings (SSSR count). The van der Waals surface area contributed by atoms with Crippen molar-refractivity contribution in [3.05, 3.63) is 70.5 Å². The van der Waals surface area contributed by atoms with Crippen LogP contribution in [0.25, 0.3) is 0 Å². The van der Waals surface area contributed by atoms with E-state index in [0.29, 0.717) is 22.3 Å². The van der Waals surface area contributed by atoms with Gasteiger partial charge in [-0.3, -0.25) is 4.79 Å². The summed E-state index contributed by atoms with van der Waals surface area (Å²) in [5.74, 6) is 1.01. The van der Waals surface area contributed by atoms with Gasteiger partial charge in [-0.05, 0) is 42.8 Å². The monoisotopic (exact) mass is 397 g/mol. The number of aromatic nitrogens is 3. The summed E-state index contributed by atoms with van der Waals surface area (Å²) in [4.78, 5) is 14.4. The third kappa shape index (κ3) is 3.74. The third-order valence-corrected chi connectivity index (χ3v) is 5.39. The van der Waals surface area contributed by atoms with Gasteiger partial charge in [0.05, 0.1) is 12.3 Å². The largest absolute Gasteiger partial charge is 0.323 e. The molecular weight excluding hydrogens is 382 g/mol. The average molecular weight is 398 g/mol. The zero-order valence-electron chi connectivity index (χ0n) is 14.5. The van der Waals surface area contributed by atoms with E-state index in [-0.39, 0.29) is 11.5 Å². The van der Waals surface area contributed by atoms with Crippen molar-refractivity contribution in [2.45, 2.75) is 18.6 Å². The maximum absolute atomic E-state index is 12.3. The molecule has 1 aromatic heterocycles. The molecule has 0 saturated carbocycles. The van der Waals surface area contributed by atoms with Crippen LogP contribution in [0.2, 0.25) is 5.02 Å². The highest BCUT2D eigenvalue weighted by Gasteiger charge is 2.21. The first-order valence-electron chi connectivity index (χ1n) is 8.34. The Labute approximate surface area is 165 Å². The molecule has 1 aliphatic rings. The lowest BCUT2D eigenvalue weighted by molar-refractivity contribution is 0.102. The Hall–Kier alpha value is -2.64. The normalized spacial score (nSPS) is 12.9. The van der Waals surface area contributed by atoms with Gasteiger partial charge in [-0.25, -0.2) is 0 Å². The highest BCUT2D eigenvalue weighted by molar-refractivity contribution is 7.99. The van der Waals surface area contributed by atoms with Crippen LogP contribution in [-0.4, -0.2) is 32.7 Å². The molecule has 0 spiro atoms. The quantitative estimate of drug-likeness (QED) is 0.480. The molecule has 2 aromatic carbocycles. The van der Waals surface area contributed by atoms with Crippen molar-refractivity contribution in [1.29, 1.82) is 0 Å². The second-order valence-electron chi connectivity index (χ2n) is 6.07. The fraction of sp³-hybridized carbons (Fsp3) is 0.158. The van der Waals surface area contributed by atoms with Crippen LogP contribution in [0, 0.1) is 6.92 Å². The van der Waals surface area contributed by atoms with E-state index in [4.69, 9.17) is 11.6 Å². The molecule has 2 heterocycles. The Morgan fingerprint density at radius 3 is 2.70 bits per heavy atom. The van der Waals surface area contributed by atoms with E-state index in [1.54, 1.807) is 35.3 Å². The molecule has 0 aliphatic carbocycles. The lowest BCUT2D eigenvalue weighted by Gasteiger charge is -2.24. The topological polar surface area (TPSA) is 63.4 Å². The van der Waals surface area contributed by atoms with Gasteiger partial charge in [-0.2, -0.15) is 9.78 Å². The van der Waals surface area contributed by atoms with Crippen molar-refractivity contribution in [3.8, 4) is 0 Å². The van der Waals surface area contributed by atoms with Crippen molar-refractivity contribution in [1.82, 2.24) is 14.9 Å². The number of Topliss-reactive ketones (excluding diaryl/α,β-unsaturated/α-hetero) is 1. The highest BCUT2D eigenvalue weighted by atomic mass is 35.5. The minimum Gasteiger partial charge on any atom is -0.323 e. The molecule has 0 N–H and O–H groups in total. The summed E-state index contributed by atoms with van der Waals surface area (Å²) < 4.78 is 1.69. The second-order valence-corrected chi connectivity index (χ2v) is 7.45. The van der Waals surface area contributed by atoms with Gasteiger partial charge >= 0.3 is 0 Å². The molecule has 0 radical (unpaired) electrons. The van der Waals surface area contributed by atoms with Crippen LogP contribution in [0.1, 0.15) is 21.7 Å². The molecule has 27 heavy (non-hydrogen) atoms. The van der Waals surface area contributed by atoms with Gasteiger partial charge in [-0.1, -0.05) is 41.6 Å². The minimum atomic E-state index is 0.00958. The smallest absolute Gasteiger partial charge is 0.212 e. The van der Waals surface area contributed by atoms with Gasteiger partial charge < -0.3 is 4.90 Å². The number of halogens is 1. The van der Waals surface area contributed by atoms with Gasteiger partial charge in [0.2, 0.25) is 5.16 Å². The predicted octanol–water partition coefficient (Wildman–Crippen LogP) is 4.03. The standard InChI is InChI=1S/C19H16ClN5OS/c1-13-4-2-3-5-16(13)24-10-18-22-23-19(25(18)21-12-24)27-11-17(26)14-6-8-15(20)9-7-14/h2-9,12H,10-11H2,1H3. The van der Waals surface area contributed by atoms with Crippen LogP contribution in [0.3, 0.4) is 0 Å². The molecule has 0 amide bonds. The second kappa shape index (κ2) is 7.54. The van der Waals surface area contributed by atoms with Gasteiger partial charge in [0.1, 0.15) is 6.34 Å². The number of rotatable bonds is 5. The van der Waals surface area contributed by atoms with E-state index in [9.17, 15) is 4.79 Å². The van der Waals surface area contributed by atoms with Crippen LogP contribution >= 0.6 is 23.4 Å². The Bertz CT molecular complexity index is 1020. The number of carbonyl (C=O) groups excluding carboxylic acids is 1. The number of hydrogen-bond acceptors (Lipinski definition) is 6. The van der Waals surface area contributed by atoms with Gasteiger partial charge in [0, 0.05) is 16.3 Å². The van der Waals surface area contributed by atoms with E-state index in [1.165, 1.54) is 17.3 Å². The van der Waals surface area contributed by atoms with Crippen molar-refractivity contribution in [3.63, 3.8) is 0 Å². The van der Waals surface area contributed by atoms with E-state index >= 15 is 0 Å². The molecule has 6 nitrogen and oxygen atoms in total. The highest BCUT2D eigenvalue weighted by Crippen LogP contribution is 2.25. The van der Waals surface area contributed by atoms with Crippen LogP contribution in [0.5, 0.6) is 0 Å². The van der Waals surface area contributed by atoms with Gasteiger partial charge in [-0.15, -0.1) is 10.2 Å². The number of thioether (sulfide) groups is 1. The summed E-state index contributed by atoms with van der Waals surface area (Å²) in [6.07, 6.45) is 1.77. The molecule has 8 heteroatoms. The van der Waals surface area contributed by atoms with Crippen molar-refractivity contribution in [2.75, 3.05) is 10.7 Å². The first-order chi connectivity index (χ1) is 13.1. The van der Waals surface area contributed by atoms with Crippen LogP contribution in [0.15, 0.2) is 58.8 Å². The number of benzene rings is 2. The molecule has 0 bridgehead atoms. The van der Waals surface area contributed by atoms with E-state index in [1.807, 2.05) is 23.1 Å². The van der Waals surface area contributed by atoms with Crippen LogP contribution < -0.4 is 4.90 Å². The molecule has 3 aromatic rings. The summed E-state index contributed by atoms with van der Waals surface area (Å²) in [5.41, 5.74) is 2.88. The van der Waals surface area contributed by atoms with Crippen molar-refractivity contribution >= 4 is 41.2 Å². The predicted molar refractivity (Wildman–Crippen MR) is 108 cm³/mol. The lowest BCUT2D eigenvalue weighted by Crippen LogP contribution is -2.27. The summed E-state index contributed by atoms with van der Waals surface area (Å²) in [6, 6.07) is 15.0. The van der Waals surface area contributed by atoms with Crippen molar-refractivity contribution < 1.29 is 4.79 Å². The zero-order chi connectivity index (χ0) is 18.8. The molecule has 0 atom stereocenters. The molecule has 0 unspecified atom stereocenters. The number of carbonyl (C=O) groups is 1.